The molecule has 0 aliphatic carbocycles. The highest BCUT2D eigenvalue weighted by atomic mass is 16.6. The van der Waals surface area contributed by atoms with E-state index in [-0.39, 0.29) is 23.9 Å². The molecule has 0 radical (unpaired) electrons. The van der Waals surface area contributed by atoms with Crippen molar-refractivity contribution in [3.8, 4) is 17.2 Å². The van der Waals surface area contributed by atoms with Crippen molar-refractivity contribution in [2.24, 2.45) is 5.73 Å². The lowest BCUT2D eigenvalue weighted by atomic mass is 10.2. The van der Waals surface area contributed by atoms with E-state index in [9.17, 15) is 10.1 Å². The number of hydrogen-bond acceptors (Lipinski definition) is 7. The van der Waals surface area contributed by atoms with Crippen LogP contribution in [0.4, 0.5) is 5.69 Å². The SMILES string of the molecule is COc1cc(-c2nc(CN)no2)ccc1[N+](=O)[O-]. The summed E-state index contributed by atoms with van der Waals surface area (Å²) in [5.41, 5.74) is 5.77. The number of ether oxygens (including phenoxy) is 1. The van der Waals surface area contributed by atoms with Gasteiger partial charge in [0.25, 0.3) is 5.89 Å². The van der Waals surface area contributed by atoms with Gasteiger partial charge in [0.05, 0.1) is 18.6 Å². The molecule has 2 rings (SSSR count). The van der Waals surface area contributed by atoms with Crippen LogP contribution in [0.3, 0.4) is 0 Å². The molecule has 8 heteroatoms. The molecule has 1 heterocycles. The standard InChI is InChI=1S/C10H10N4O4/c1-17-8-4-6(2-3-7(8)14(15)16)10-12-9(5-11)13-18-10/h2-4H,5,11H2,1H3. The van der Waals surface area contributed by atoms with E-state index in [1.165, 1.54) is 25.3 Å². The maximum Gasteiger partial charge on any atom is 0.310 e. The molecule has 1 aromatic heterocycles. The highest BCUT2D eigenvalue weighted by molar-refractivity contribution is 5.61. The van der Waals surface area contributed by atoms with Gasteiger partial charge in [-0.3, -0.25) is 10.1 Å². The minimum absolute atomic E-state index is 0.125. The van der Waals surface area contributed by atoms with Crippen molar-refractivity contribution in [1.29, 1.82) is 0 Å². The van der Waals surface area contributed by atoms with Crippen LogP contribution in [-0.4, -0.2) is 22.2 Å². The Morgan fingerprint density at radius 3 is 2.89 bits per heavy atom. The fourth-order valence-electron chi connectivity index (χ4n) is 1.42. The first-order valence-corrected chi connectivity index (χ1v) is 5.01. The van der Waals surface area contributed by atoms with Gasteiger partial charge in [-0.1, -0.05) is 5.16 Å². The normalized spacial score (nSPS) is 10.3. The molecule has 0 spiro atoms. The van der Waals surface area contributed by atoms with Crippen LogP contribution in [0.1, 0.15) is 5.82 Å². The zero-order valence-electron chi connectivity index (χ0n) is 9.49. The third kappa shape index (κ3) is 2.13. The summed E-state index contributed by atoms with van der Waals surface area (Å²) in [5, 5.41) is 14.4. The smallest absolute Gasteiger partial charge is 0.310 e. The summed E-state index contributed by atoms with van der Waals surface area (Å²) >= 11 is 0. The minimum Gasteiger partial charge on any atom is -0.490 e. The Morgan fingerprint density at radius 1 is 1.56 bits per heavy atom. The summed E-state index contributed by atoms with van der Waals surface area (Å²) < 4.78 is 9.92. The van der Waals surface area contributed by atoms with Crippen LogP contribution in [0.25, 0.3) is 11.5 Å². The lowest BCUT2D eigenvalue weighted by Gasteiger charge is -2.02. The van der Waals surface area contributed by atoms with E-state index in [1.807, 2.05) is 0 Å². The van der Waals surface area contributed by atoms with Crippen LogP contribution in [-0.2, 0) is 6.54 Å². The van der Waals surface area contributed by atoms with Crippen LogP contribution < -0.4 is 10.5 Å². The Labute approximate surface area is 102 Å². The number of rotatable bonds is 4. The van der Waals surface area contributed by atoms with Gasteiger partial charge in [-0.05, 0) is 6.07 Å². The van der Waals surface area contributed by atoms with Crippen LogP contribution in [0.15, 0.2) is 22.7 Å². The lowest BCUT2D eigenvalue weighted by molar-refractivity contribution is -0.385. The number of aromatic nitrogens is 2. The van der Waals surface area contributed by atoms with Gasteiger partial charge in [0.15, 0.2) is 11.6 Å². The number of nitrogens with zero attached hydrogens (tertiary/aromatic N) is 3. The third-order valence-electron chi connectivity index (χ3n) is 2.27. The third-order valence-corrected chi connectivity index (χ3v) is 2.27. The topological polar surface area (TPSA) is 117 Å². The lowest BCUT2D eigenvalue weighted by Crippen LogP contribution is -1.98. The van der Waals surface area contributed by atoms with E-state index in [2.05, 4.69) is 10.1 Å². The molecule has 2 aromatic rings. The van der Waals surface area contributed by atoms with Gasteiger partial charge in [0.2, 0.25) is 0 Å². The molecule has 8 nitrogen and oxygen atoms in total. The Balaban J connectivity index is 2.43. The molecule has 2 N–H and O–H groups in total. The van der Waals surface area contributed by atoms with Crippen LogP contribution in [0.5, 0.6) is 5.75 Å². The number of nitro groups is 1. The average Bonchev–Trinajstić information content (AvgIpc) is 2.86. The Morgan fingerprint density at radius 2 is 2.33 bits per heavy atom. The quantitative estimate of drug-likeness (QED) is 0.637. The molecule has 0 amide bonds. The predicted molar refractivity (Wildman–Crippen MR) is 60.8 cm³/mol. The second kappa shape index (κ2) is 4.80. The largest absolute Gasteiger partial charge is 0.490 e. The molecular weight excluding hydrogens is 240 g/mol. The summed E-state index contributed by atoms with van der Waals surface area (Å²) in [4.78, 5) is 14.2. The Kier molecular flexibility index (Phi) is 3.20. The summed E-state index contributed by atoms with van der Waals surface area (Å²) in [6.07, 6.45) is 0. The van der Waals surface area contributed by atoms with E-state index < -0.39 is 4.92 Å². The number of benzene rings is 1. The van der Waals surface area contributed by atoms with E-state index in [1.54, 1.807) is 0 Å². The van der Waals surface area contributed by atoms with Gasteiger partial charge < -0.3 is 15.0 Å². The molecule has 0 saturated carbocycles. The van der Waals surface area contributed by atoms with Crippen molar-refractivity contribution >= 4 is 5.69 Å². The van der Waals surface area contributed by atoms with E-state index in [4.69, 9.17) is 15.0 Å². The summed E-state index contributed by atoms with van der Waals surface area (Å²) in [6.45, 7) is 0.160. The molecule has 0 unspecified atom stereocenters. The van der Waals surface area contributed by atoms with Crippen LogP contribution >= 0.6 is 0 Å². The van der Waals surface area contributed by atoms with Crippen molar-refractivity contribution in [2.45, 2.75) is 6.54 Å². The first-order valence-electron chi connectivity index (χ1n) is 5.01. The first kappa shape index (κ1) is 12.0. The van der Waals surface area contributed by atoms with Crippen LogP contribution in [0, 0.1) is 10.1 Å². The molecule has 0 aliphatic heterocycles. The number of nitro benzene ring substituents is 1. The maximum absolute atomic E-state index is 10.7. The maximum atomic E-state index is 10.7. The monoisotopic (exact) mass is 250 g/mol. The molecule has 0 aliphatic rings. The summed E-state index contributed by atoms with van der Waals surface area (Å²) in [5.74, 6) is 0.732. The highest BCUT2D eigenvalue weighted by Crippen LogP contribution is 2.31. The fourth-order valence-corrected chi connectivity index (χ4v) is 1.42. The molecule has 0 atom stereocenters. The number of nitrogens with two attached hydrogens (primary N) is 1. The summed E-state index contributed by atoms with van der Waals surface area (Å²) in [6, 6.07) is 4.29. The second-order valence-electron chi connectivity index (χ2n) is 3.36. The zero-order chi connectivity index (χ0) is 13.1. The summed E-state index contributed by atoms with van der Waals surface area (Å²) in [7, 11) is 1.35. The van der Waals surface area contributed by atoms with Gasteiger partial charge in [-0.2, -0.15) is 4.98 Å². The Bertz CT molecular complexity index is 581. The second-order valence-corrected chi connectivity index (χ2v) is 3.36. The molecule has 18 heavy (non-hydrogen) atoms. The molecule has 0 bridgehead atoms. The number of hydrogen-bond donors (Lipinski definition) is 1. The fraction of sp³-hybridized carbons (Fsp3) is 0.200. The van der Waals surface area contributed by atoms with Crippen molar-refractivity contribution in [3.05, 3.63) is 34.1 Å². The number of methoxy groups -OCH3 is 1. The van der Waals surface area contributed by atoms with Gasteiger partial charge >= 0.3 is 5.69 Å². The van der Waals surface area contributed by atoms with Gasteiger partial charge in [0.1, 0.15) is 0 Å². The van der Waals surface area contributed by atoms with E-state index >= 15 is 0 Å². The highest BCUT2D eigenvalue weighted by Gasteiger charge is 2.17. The van der Waals surface area contributed by atoms with Gasteiger partial charge in [-0.15, -0.1) is 0 Å². The van der Waals surface area contributed by atoms with Crippen LogP contribution in [0.2, 0.25) is 0 Å². The molecular formula is C10H10N4O4. The van der Waals surface area contributed by atoms with E-state index in [0.717, 1.165) is 0 Å². The molecule has 1 aromatic carbocycles. The molecule has 0 saturated heterocycles. The molecule has 0 fully saturated rings. The van der Waals surface area contributed by atoms with Gasteiger partial charge in [-0.25, -0.2) is 0 Å². The average molecular weight is 250 g/mol. The predicted octanol–water partition coefficient (Wildman–Crippen LogP) is 1.11. The van der Waals surface area contributed by atoms with Crippen molar-refractivity contribution in [3.63, 3.8) is 0 Å². The zero-order valence-corrected chi connectivity index (χ0v) is 9.49. The Hall–Kier alpha value is -2.48. The van der Waals surface area contributed by atoms with Gasteiger partial charge in [0, 0.05) is 17.7 Å². The molecule has 94 valence electrons. The van der Waals surface area contributed by atoms with Crippen molar-refractivity contribution < 1.29 is 14.2 Å². The van der Waals surface area contributed by atoms with Crippen molar-refractivity contribution in [2.75, 3.05) is 7.11 Å². The minimum atomic E-state index is -0.526. The van der Waals surface area contributed by atoms with Crippen molar-refractivity contribution in [1.82, 2.24) is 10.1 Å². The van der Waals surface area contributed by atoms with E-state index in [0.29, 0.717) is 11.4 Å². The first-order chi connectivity index (χ1) is 8.65.